The third-order valence-corrected chi connectivity index (χ3v) is 3.92. The molecule has 3 heteroatoms. The van der Waals surface area contributed by atoms with Gasteiger partial charge < -0.3 is 4.74 Å². The minimum atomic E-state index is -0.368. The van der Waals surface area contributed by atoms with Gasteiger partial charge in [0.2, 0.25) is 0 Å². The van der Waals surface area contributed by atoms with Crippen LogP contribution in [0.15, 0.2) is 36.4 Å². The SMILES string of the molecule is O=C(Oc1cccc(Cl)c1)C12C=CC(CC1)C2. The molecule has 17 heavy (non-hydrogen) atoms. The van der Waals surface area contributed by atoms with E-state index in [1.54, 1.807) is 24.3 Å². The zero-order valence-electron chi connectivity index (χ0n) is 9.36. The smallest absolute Gasteiger partial charge is 0.321 e. The molecule has 0 spiro atoms. The Hall–Kier alpha value is -1.28. The third kappa shape index (κ3) is 1.87. The van der Waals surface area contributed by atoms with Crippen molar-refractivity contribution in [3.05, 3.63) is 41.4 Å². The average molecular weight is 249 g/mol. The summed E-state index contributed by atoms with van der Waals surface area (Å²) in [4.78, 5) is 12.2. The number of carbonyl (C=O) groups excluding carboxylic acids is 1. The summed E-state index contributed by atoms with van der Waals surface area (Å²) in [5.41, 5.74) is -0.368. The van der Waals surface area contributed by atoms with Gasteiger partial charge in [-0.25, -0.2) is 0 Å². The summed E-state index contributed by atoms with van der Waals surface area (Å²) in [6, 6.07) is 6.97. The first-order valence-electron chi connectivity index (χ1n) is 5.85. The van der Waals surface area contributed by atoms with E-state index >= 15 is 0 Å². The van der Waals surface area contributed by atoms with Crippen molar-refractivity contribution in [2.75, 3.05) is 0 Å². The fourth-order valence-corrected chi connectivity index (χ4v) is 2.92. The molecular weight excluding hydrogens is 236 g/mol. The molecule has 1 fully saturated rings. The molecule has 2 bridgehead atoms. The van der Waals surface area contributed by atoms with E-state index in [0.29, 0.717) is 16.7 Å². The summed E-state index contributed by atoms with van der Waals surface area (Å²) in [6.45, 7) is 0. The van der Waals surface area contributed by atoms with Gasteiger partial charge in [0.25, 0.3) is 0 Å². The predicted octanol–water partition coefficient (Wildman–Crippen LogP) is 3.60. The van der Waals surface area contributed by atoms with Crippen molar-refractivity contribution in [3.8, 4) is 5.75 Å². The highest BCUT2D eigenvalue weighted by Crippen LogP contribution is 2.49. The first-order valence-corrected chi connectivity index (χ1v) is 6.23. The number of allylic oxidation sites excluding steroid dienone is 1. The lowest BCUT2D eigenvalue weighted by Gasteiger charge is -2.20. The molecule has 2 aliphatic rings. The van der Waals surface area contributed by atoms with E-state index in [1.165, 1.54) is 0 Å². The Morgan fingerprint density at radius 2 is 2.35 bits per heavy atom. The van der Waals surface area contributed by atoms with Crippen molar-refractivity contribution in [2.45, 2.75) is 19.3 Å². The zero-order valence-corrected chi connectivity index (χ0v) is 10.1. The monoisotopic (exact) mass is 248 g/mol. The van der Waals surface area contributed by atoms with Crippen LogP contribution < -0.4 is 4.74 Å². The average Bonchev–Trinajstić information content (AvgIpc) is 2.90. The van der Waals surface area contributed by atoms with Crippen LogP contribution in [0.4, 0.5) is 0 Å². The van der Waals surface area contributed by atoms with Crippen LogP contribution >= 0.6 is 11.6 Å². The first kappa shape index (κ1) is 10.8. The number of esters is 1. The van der Waals surface area contributed by atoms with Gasteiger partial charge in [-0.1, -0.05) is 29.8 Å². The number of hydrogen-bond donors (Lipinski definition) is 0. The lowest BCUT2D eigenvalue weighted by molar-refractivity contribution is -0.142. The molecule has 0 aliphatic heterocycles. The second-order valence-corrected chi connectivity index (χ2v) is 5.30. The lowest BCUT2D eigenvalue weighted by Crippen LogP contribution is -2.29. The van der Waals surface area contributed by atoms with Crippen molar-refractivity contribution in [1.29, 1.82) is 0 Å². The molecule has 0 N–H and O–H groups in total. The van der Waals surface area contributed by atoms with Gasteiger partial charge in [0.15, 0.2) is 0 Å². The van der Waals surface area contributed by atoms with Crippen molar-refractivity contribution in [1.82, 2.24) is 0 Å². The van der Waals surface area contributed by atoms with E-state index in [9.17, 15) is 4.79 Å². The number of hydrogen-bond acceptors (Lipinski definition) is 2. The maximum atomic E-state index is 12.2. The molecule has 88 valence electrons. The van der Waals surface area contributed by atoms with Crippen LogP contribution in [0.5, 0.6) is 5.75 Å². The fourth-order valence-electron chi connectivity index (χ4n) is 2.74. The van der Waals surface area contributed by atoms with Gasteiger partial charge in [0, 0.05) is 5.02 Å². The molecule has 0 heterocycles. The molecule has 2 aliphatic carbocycles. The molecular formula is C14H13ClO2. The van der Waals surface area contributed by atoms with Crippen molar-refractivity contribution in [3.63, 3.8) is 0 Å². The van der Waals surface area contributed by atoms with Crippen molar-refractivity contribution in [2.24, 2.45) is 11.3 Å². The van der Waals surface area contributed by atoms with Gasteiger partial charge in [-0.05, 0) is 43.4 Å². The molecule has 0 saturated heterocycles. The lowest BCUT2D eigenvalue weighted by atomic mass is 9.88. The summed E-state index contributed by atoms with van der Waals surface area (Å²) in [6.07, 6.45) is 7.08. The Labute approximate surface area is 105 Å². The zero-order chi connectivity index (χ0) is 11.9. The van der Waals surface area contributed by atoms with Gasteiger partial charge in [-0.2, -0.15) is 0 Å². The van der Waals surface area contributed by atoms with Gasteiger partial charge >= 0.3 is 5.97 Å². The van der Waals surface area contributed by atoms with E-state index < -0.39 is 0 Å². The van der Waals surface area contributed by atoms with Gasteiger partial charge in [-0.15, -0.1) is 0 Å². The van der Waals surface area contributed by atoms with E-state index in [1.807, 2.05) is 6.08 Å². The number of ether oxygens (including phenoxy) is 1. The van der Waals surface area contributed by atoms with Gasteiger partial charge in [0.05, 0.1) is 5.41 Å². The predicted molar refractivity (Wildman–Crippen MR) is 66.0 cm³/mol. The third-order valence-electron chi connectivity index (χ3n) is 3.69. The summed E-state index contributed by atoms with van der Waals surface area (Å²) in [5, 5.41) is 0.582. The molecule has 1 saturated carbocycles. The molecule has 2 nitrogen and oxygen atoms in total. The maximum Gasteiger partial charge on any atom is 0.321 e. The summed E-state index contributed by atoms with van der Waals surface area (Å²) < 4.78 is 5.43. The van der Waals surface area contributed by atoms with Gasteiger partial charge in [0.1, 0.15) is 5.75 Å². The Morgan fingerprint density at radius 1 is 1.47 bits per heavy atom. The summed E-state index contributed by atoms with van der Waals surface area (Å²) >= 11 is 5.86. The van der Waals surface area contributed by atoms with E-state index in [-0.39, 0.29) is 11.4 Å². The molecule has 1 aromatic carbocycles. The van der Waals surface area contributed by atoms with Crippen LogP contribution in [0, 0.1) is 11.3 Å². The quantitative estimate of drug-likeness (QED) is 0.454. The van der Waals surface area contributed by atoms with Crippen LogP contribution in [0.2, 0.25) is 5.02 Å². The number of carbonyl (C=O) groups is 1. The molecule has 0 radical (unpaired) electrons. The Morgan fingerprint density at radius 3 is 2.94 bits per heavy atom. The largest absolute Gasteiger partial charge is 0.426 e. The first-order chi connectivity index (χ1) is 8.18. The topological polar surface area (TPSA) is 26.3 Å². The molecule has 3 rings (SSSR count). The highest BCUT2D eigenvalue weighted by Gasteiger charge is 2.47. The Kier molecular flexibility index (Phi) is 2.48. The normalized spacial score (nSPS) is 29.6. The second kappa shape index (κ2) is 3.88. The summed E-state index contributed by atoms with van der Waals surface area (Å²) in [7, 11) is 0. The number of rotatable bonds is 2. The van der Waals surface area contributed by atoms with Crippen LogP contribution in [-0.4, -0.2) is 5.97 Å². The molecule has 1 aromatic rings. The second-order valence-electron chi connectivity index (χ2n) is 4.87. The number of halogens is 1. The molecule has 0 amide bonds. The molecule has 2 atom stereocenters. The highest BCUT2D eigenvalue weighted by molar-refractivity contribution is 6.30. The highest BCUT2D eigenvalue weighted by atomic mass is 35.5. The van der Waals surface area contributed by atoms with E-state index in [4.69, 9.17) is 16.3 Å². The van der Waals surface area contributed by atoms with Crippen LogP contribution in [0.1, 0.15) is 19.3 Å². The van der Waals surface area contributed by atoms with Crippen LogP contribution in [-0.2, 0) is 4.79 Å². The van der Waals surface area contributed by atoms with Crippen LogP contribution in [0.3, 0.4) is 0 Å². The Balaban J connectivity index is 1.78. The van der Waals surface area contributed by atoms with E-state index in [0.717, 1.165) is 19.3 Å². The van der Waals surface area contributed by atoms with Crippen molar-refractivity contribution >= 4 is 17.6 Å². The minimum absolute atomic E-state index is 0.143. The molecule has 0 aromatic heterocycles. The maximum absolute atomic E-state index is 12.2. The number of benzene rings is 1. The van der Waals surface area contributed by atoms with Crippen LogP contribution in [0.25, 0.3) is 0 Å². The summed E-state index contributed by atoms with van der Waals surface area (Å²) in [5.74, 6) is 0.957. The van der Waals surface area contributed by atoms with Crippen molar-refractivity contribution < 1.29 is 9.53 Å². The standard InChI is InChI=1S/C14H13ClO2/c15-11-2-1-3-12(8-11)17-13(16)14-6-4-10(9-14)5-7-14/h1-4,6,8,10H,5,7,9H2. The van der Waals surface area contributed by atoms with E-state index in [2.05, 4.69) is 6.08 Å². The molecule has 2 unspecified atom stereocenters. The van der Waals surface area contributed by atoms with Gasteiger partial charge in [-0.3, -0.25) is 4.79 Å². The fraction of sp³-hybridized carbons (Fsp3) is 0.357. The minimum Gasteiger partial charge on any atom is -0.426 e. The number of fused-ring (bicyclic) bond motifs is 2. The Bertz CT molecular complexity index is 495.